The second-order valence-electron chi connectivity index (χ2n) is 3.17. The number of rotatable bonds is 3. The Morgan fingerprint density at radius 1 is 1.57 bits per heavy atom. The topological polar surface area (TPSA) is 52.6 Å². The van der Waals surface area contributed by atoms with Gasteiger partial charge >= 0.3 is 6.03 Å². The molecule has 1 fully saturated rings. The smallest absolute Gasteiger partial charge is 0.301 e. The second-order valence-corrected chi connectivity index (χ2v) is 3.66. The van der Waals surface area contributed by atoms with Crippen molar-refractivity contribution in [2.75, 3.05) is 20.3 Å². The lowest BCUT2D eigenvalue weighted by molar-refractivity contribution is -0.128. The van der Waals surface area contributed by atoms with Crippen molar-refractivity contribution in [1.29, 1.82) is 0 Å². The van der Waals surface area contributed by atoms with Crippen LogP contribution in [0.5, 0.6) is 0 Å². The molecule has 0 bridgehead atoms. The van der Waals surface area contributed by atoms with Gasteiger partial charge in [0, 0.05) is 0 Å². The van der Waals surface area contributed by atoms with E-state index in [1.165, 1.54) is 4.90 Å². The zero-order valence-electron chi connectivity index (χ0n) is 8.24. The van der Waals surface area contributed by atoms with Gasteiger partial charge in [-0.3, -0.25) is 9.69 Å². The summed E-state index contributed by atoms with van der Waals surface area (Å²) in [4.78, 5) is 26.1. The maximum atomic E-state index is 11.4. The van der Waals surface area contributed by atoms with Crippen molar-refractivity contribution >= 4 is 29.1 Å². The fourth-order valence-electron chi connectivity index (χ4n) is 1.06. The molecular formula is C8H13N3O2S. The number of imide groups is 1. The summed E-state index contributed by atoms with van der Waals surface area (Å²) in [6, 6.07) is -0.424. The van der Waals surface area contributed by atoms with Gasteiger partial charge < -0.3 is 5.32 Å². The molecule has 0 aromatic rings. The quantitative estimate of drug-likeness (QED) is 0.682. The maximum absolute atomic E-state index is 11.4. The van der Waals surface area contributed by atoms with Crippen molar-refractivity contribution in [1.82, 2.24) is 15.1 Å². The van der Waals surface area contributed by atoms with Gasteiger partial charge in [-0.25, -0.2) is 9.69 Å². The van der Waals surface area contributed by atoms with E-state index in [1.807, 2.05) is 18.9 Å². The lowest BCUT2D eigenvalue weighted by Gasteiger charge is -2.29. The average Bonchev–Trinajstić information content (AvgIpc) is 2.10. The van der Waals surface area contributed by atoms with Gasteiger partial charge in [0.15, 0.2) is 0 Å². The molecule has 1 heterocycles. The third-order valence-corrected chi connectivity index (χ3v) is 2.27. The summed E-state index contributed by atoms with van der Waals surface area (Å²) < 4.78 is 0. The highest BCUT2D eigenvalue weighted by Gasteiger charge is 2.28. The van der Waals surface area contributed by atoms with Crippen LogP contribution in [0.15, 0.2) is 0 Å². The molecular weight excluding hydrogens is 202 g/mol. The summed E-state index contributed by atoms with van der Waals surface area (Å²) in [7, 11) is 1.84. The van der Waals surface area contributed by atoms with E-state index in [1.54, 1.807) is 0 Å². The van der Waals surface area contributed by atoms with Gasteiger partial charge in [-0.2, -0.15) is 0 Å². The van der Waals surface area contributed by atoms with E-state index in [-0.39, 0.29) is 12.3 Å². The Morgan fingerprint density at radius 2 is 2.21 bits per heavy atom. The van der Waals surface area contributed by atoms with Crippen molar-refractivity contribution < 1.29 is 9.59 Å². The minimum atomic E-state index is -0.424. The molecule has 1 rings (SSSR count). The van der Waals surface area contributed by atoms with Crippen LogP contribution in [0.1, 0.15) is 13.3 Å². The molecule has 3 amide bonds. The third-order valence-electron chi connectivity index (χ3n) is 2.03. The molecule has 5 nitrogen and oxygen atoms in total. The predicted octanol–water partition coefficient (Wildman–Crippen LogP) is 0.165. The summed E-state index contributed by atoms with van der Waals surface area (Å²) in [5.41, 5.74) is 0. The van der Waals surface area contributed by atoms with Gasteiger partial charge in [-0.15, -0.1) is 0 Å². The SMILES string of the molecule is CCN(C)CN1C(=O)CC(=S)NC1=O. The van der Waals surface area contributed by atoms with Gasteiger partial charge in [0.1, 0.15) is 0 Å². The van der Waals surface area contributed by atoms with E-state index in [2.05, 4.69) is 5.32 Å². The van der Waals surface area contributed by atoms with Crippen molar-refractivity contribution in [3.63, 3.8) is 0 Å². The van der Waals surface area contributed by atoms with Crippen LogP contribution in [0, 0.1) is 0 Å². The molecule has 0 radical (unpaired) electrons. The molecule has 0 saturated carbocycles. The number of hydrogen-bond acceptors (Lipinski definition) is 4. The fourth-order valence-corrected chi connectivity index (χ4v) is 1.27. The average molecular weight is 215 g/mol. The zero-order valence-corrected chi connectivity index (χ0v) is 9.06. The number of nitrogens with zero attached hydrogens (tertiary/aromatic N) is 2. The molecule has 0 atom stereocenters. The van der Waals surface area contributed by atoms with Crippen molar-refractivity contribution in [2.45, 2.75) is 13.3 Å². The van der Waals surface area contributed by atoms with Crippen molar-refractivity contribution in [3.8, 4) is 0 Å². The number of thiocarbonyl (C=S) groups is 1. The Bertz CT molecular complexity index is 260. The zero-order chi connectivity index (χ0) is 10.7. The van der Waals surface area contributed by atoms with Crippen LogP contribution in [0.4, 0.5) is 4.79 Å². The van der Waals surface area contributed by atoms with Crippen LogP contribution in [0.2, 0.25) is 0 Å². The number of urea groups is 1. The predicted molar refractivity (Wildman–Crippen MR) is 55.8 cm³/mol. The molecule has 78 valence electrons. The molecule has 6 heteroatoms. The summed E-state index contributed by atoms with van der Waals surface area (Å²) in [5, 5.41) is 2.46. The van der Waals surface area contributed by atoms with Gasteiger partial charge in [-0.05, 0) is 13.6 Å². The van der Waals surface area contributed by atoms with Crippen LogP contribution in [0.25, 0.3) is 0 Å². The highest BCUT2D eigenvalue weighted by molar-refractivity contribution is 7.80. The molecule has 1 aliphatic rings. The minimum Gasteiger partial charge on any atom is -0.301 e. The molecule has 1 N–H and O–H groups in total. The van der Waals surface area contributed by atoms with E-state index < -0.39 is 6.03 Å². The van der Waals surface area contributed by atoms with E-state index in [9.17, 15) is 9.59 Å². The number of hydrogen-bond donors (Lipinski definition) is 1. The van der Waals surface area contributed by atoms with E-state index in [4.69, 9.17) is 12.2 Å². The molecule has 0 aliphatic carbocycles. The summed E-state index contributed by atoms with van der Waals surface area (Å²) in [5.74, 6) is -0.237. The molecule has 0 unspecified atom stereocenters. The number of amides is 3. The number of nitrogens with one attached hydrogen (secondary N) is 1. The molecule has 14 heavy (non-hydrogen) atoms. The monoisotopic (exact) mass is 215 g/mol. The maximum Gasteiger partial charge on any atom is 0.330 e. The summed E-state index contributed by atoms with van der Waals surface area (Å²) >= 11 is 4.76. The Morgan fingerprint density at radius 3 is 2.71 bits per heavy atom. The first-order valence-electron chi connectivity index (χ1n) is 4.37. The molecule has 0 spiro atoms. The number of carbonyl (C=O) groups is 2. The standard InChI is InChI=1S/C8H13N3O2S/c1-3-10(2)5-11-7(12)4-6(14)9-8(11)13/h3-5H2,1-2H3,(H,9,13,14). The first-order chi connectivity index (χ1) is 6.54. The third kappa shape index (κ3) is 2.49. The highest BCUT2D eigenvalue weighted by Crippen LogP contribution is 2.04. The van der Waals surface area contributed by atoms with Crippen molar-refractivity contribution in [3.05, 3.63) is 0 Å². The van der Waals surface area contributed by atoms with Crippen LogP contribution in [0.3, 0.4) is 0 Å². The van der Waals surface area contributed by atoms with Crippen LogP contribution < -0.4 is 5.32 Å². The first kappa shape index (κ1) is 11.1. The molecule has 0 aromatic heterocycles. The largest absolute Gasteiger partial charge is 0.330 e. The molecule has 1 saturated heterocycles. The Kier molecular flexibility index (Phi) is 3.54. The van der Waals surface area contributed by atoms with Crippen LogP contribution in [-0.4, -0.2) is 47.0 Å². The van der Waals surface area contributed by atoms with Crippen LogP contribution >= 0.6 is 12.2 Å². The highest BCUT2D eigenvalue weighted by atomic mass is 32.1. The second kappa shape index (κ2) is 4.47. The van der Waals surface area contributed by atoms with Crippen molar-refractivity contribution in [2.24, 2.45) is 0 Å². The summed E-state index contributed by atoms with van der Waals surface area (Å²) in [6.07, 6.45) is 0.124. The van der Waals surface area contributed by atoms with Gasteiger partial charge in [0.05, 0.1) is 18.1 Å². The summed E-state index contributed by atoms with van der Waals surface area (Å²) in [6.45, 7) is 3.04. The normalized spacial score (nSPS) is 17.6. The van der Waals surface area contributed by atoms with E-state index in [0.29, 0.717) is 11.7 Å². The van der Waals surface area contributed by atoms with Gasteiger partial charge in [0.2, 0.25) is 5.91 Å². The molecule has 0 aromatic carbocycles. The Balaban J connectivity index is 2.63. The minimum absolute atomic E-state index is 0.124. The Labute approximate surface area is 88.0 Å². The van der Waals surface area contributed by atoms with Crippen LogP contribution in [-0.2, 0) is 4.79 Å². The number of carbonyl (C=O) groups excluding carboxylic acids is 2. The van der Waals surface area contributed by atoms with Gasteiger partial charge in [-0.1, -0.05) is 19.1 Å². The Hall–Kier alpha value is -1.01. The molecule has 1 aliphatic heterocycles. The lowest BCUT2D eigenvalue weighted by atomic mass is 10.3. The lowest BCUT2D eigenvalue weighted by Crippen LogP contribution is -2.54. The first-order valence-corrected chi connectivity index (χ1v) is 4.78. The van der Waals surface area contributed by atoms with E-state index >= 15 is 0 Å². The van der Waals surface area contributed by atoms with Gasteiger partial charge in [0.25, 0.3) is 0 Å². The van der Waals surface area contributed by atoms with E-state index in [0.717, 1.165) is 6.54 Å². The fraction of sp³-hybridized carbons (Fsp3) is 0.625.